The van der Waals surface area contributed by atoms with E-state index in [4.69, 9.17) is 11.6 Å². The van der Waals surface area contributed by atoms with Gasteiger partial charge in [0.1, 0.15) is 5.82 Å². The lowest BCUT2D eigenvalue weighted by Gasteiger charge is -2.13. The van der Waals surface area contributed by atoms with Crippen molar-refractivity contribution in [2.45, 2.75) is 26.2 Å². The van der Waals surface area contributed by atoms with E-state index in [1.54, 1.807) is 29.1 Å². The number of pyridine rings is 1. The van der Waals surface area contributed by atoms with Gasteiger partial charge in [-0.3, -0.25) is 4.79 Å². The van der Waals surface area contributed by atoms with E-state index in [9.17, 15) is 4.79 Å². The minimum atomic E-state index is -0.311. The van der Waals surface area contributed by atoms with Gasteiger partial charge in [-0.2, -0.15) is 9.78 Å². The molecule has 2 aromatic heterocycles. The van der Waals surface area contributed by atoms with Crippen molar-refractivity contribution >= 4 is 39.3 Å². The molecule has 0 atom stereocenters. The third kappa shape index (κ3) is 3.97. The fourth-order valence-electron chi connectivity index (χ4n) is 2.35. The van der Waals surface area contributed by atoms with Crippen LogP contribution in [0.15, 0.2) is 53.1 Å². The number of aromatic nitrogens is 3. The van der Waals surface area contributed by atoms with E-state index in [0.29, 0.717) is 22.2 Å². The predicted octanol–water partition coefficient (Wildman–Crippen LogP) is 5.23. The Bertz CT molecular complexity index is 948. The molecule has 0 bridgehead atoms. The summed E-state index contributed by atoms with van der Waals surface area (Å²) in [6.45, 7) is 6.19. The van der Waals surface area contributed by atoms with Crippen molar-refractivity contribution in [2.75, 3.05) is 5.32 Å². The van der Waals surface area contributed by atoms with E-state index in [-0.39, 0.29) is 11.3 Å². The van der Waals surface area contributed by atoms with Crippen molar-refractivity contribution in [3.05, 3.63) is 69.4 Å². The van der Waals surface area contributed by atoms with Crippen LogP contribution in [-0.2, 0) is 5.41 Å². The highest BCUT2D eigenvalue weighted by molar-refractivity contribution is 9.10. The summed E-state index contributed by atoms with van der Waals surface area (Å²) in [5.74, 6) is 0.849. The Kier molecular flexibility index (Phi) is 5.16. The Balaban J connectivity index is 2.02. The van der Waals surface area contributed by atoms with Gasteiger partial charge < -0.3 is 5.32 Å². The van der Waals surface area contributed by atoms with Crippen molar-refractivity contribution < 1.29 is 4.79 Å². The van der Waals surface area contributed by atoms with Crippen LogP contribution in [0.4, 0.5) is 5.82 Å². The summed E-state index contributed by atoms with van der Waals surface area (Å²) >= 11 is 9.54. The minimum Gasteiger partial charge on any atom is -0.306 e. The van der Waals surface area contributed by atoms with Gasteiger partial charge in [0, 0.05) is 22.2 Å². The number of nitrogens with one attached hydrogen (secondary N) is 1. The second-order valence-electron chi connectivity index (χ2n) is 6.84. The first-order chi connectivity index (χ1) is 12.3. The average Bonchev–Trinajstić information content (AvgIpc) is 3.02. The zero-order valence-electron chi connectivity index (χ0n) is 14.6. The Morgan fingerprint density at radius 2 is 1.96 bits per heavy atom. The number of anilines is 1. The maximum atomic E-state index is 12.8. The van der Waals surface area contributed by atoms with Gasteiger partial charge in [-0.1, -0.05) is 54.4 Å². The zero-order chi connectivity index (χ0) is 18.9. The smallest absolute Gasteiger partial charge is 0.258 e. The van der Waals surface area contributed by atoms with Crippen molar-refractivity contribution in [3.8, 4) is 5.82 Å². The molecule has 1 N–H and O–H groups in total. The molecule has 0 saturated carbocycles. The molecule has 0 fully saturated rings. The number of carbonyl (C=O) groups is 1. The van der Waals surface area contributed by atoms with Gasteiger partial charge in [-0.05, 0) is 30.3 Å². The number of carbonyl (C=O) groups excluding carboxylic acids is 1. The lowest BCUT2D eigenvalue weighted by molar-refractivity contribution is 0.102. The summed E-state index contributed by atoms with van der Waals surface area (Å²) in [6.07, 6.45) is 1.69. The molecule has 0 unspecified atom stereocenters. The van der Waals surface area contributed by atoms with E-state index < -0.39 is 0 Å². The molecule has 0 radical (unpaired) electrons. The molecule has 3 rings (SSSR count). The number of halogens is 2. The molecular weight excluding hydrogens is 416 g/mol. The highest BCUT2D eigenvalue weighted by Gasteiger charge is 2.22. The van der Waals surface area contributed by atoms with Crippen LogP contribution in [0.3, 0.4) is 0 Å². The van der Waals surface area contributed by atoms with Gasteiger partial charge in [-0.15, -0.1) is 0 Å². The Morgan fingerprint density at radius 3 is 2.62 bits per heavy atom. The van der Waals surface area contributed by atoms with Gasteiger partial charge in [0.2, 0.25) is 0 Å². The van der Waals surface area contributed by atoms with Crippen LogP contribution in [-0.4, -0.2) is 20.7 Å². The number of rotatable bonds is 3. The van der Waals surface area contributed by atoms with Gasteiger partial charge in [0.05, 0.1) is 16.3 Å². The maximum Gasteiger partial charge on any atom is 0.258 e. The molecule has 3 aromatic rings. The van der Waals surface area contributed by atoms with E-state index in [0.717, 1.165) is 10.2 Å². The van der Waals surface area contributed by atoms with Gasteiger partial charge in [-0.25, -0.2) is 4.98 Å². The van der Waals surface area contributed by atoms with Crippen molar-refractivity contribution in [1.82, 2.24) is 14.8 Å². The first kappa shape index (κ1) is 18.6. The van der Waals surface area contributed by atoms with Crippen LogP contribution >= 0.6 is 27.5 Å². The van der Waals surface area contributed by atoms with Gasteiger partial charge in [0.15, 0.2) is 5.82 Å². The summed E-state index contributed by atoms with van der Waals surface area (Å²) in [6, 6.07) is 12.5. The van der Waals surface area contributed by atoms with Gasteiger partial charge >= 0.3 is 0 Å². The van der Waals surface area contributed by atoms with Crippen LogP contribution in [0.5, 0.6) is 0 Å². The highest BCUT2D eigenvalue weighted by atomic mass is 79.9. The molecule has 134 valence electrons. The molecule has 0 aliphatic carbocycles. The van der Waals surface area contributed by atoms with Crippen molar-refractivity contribution in [2.24, 2.45) is 0 Å². The predicted molar refractivity (Wildman–Crippen MR) is 107 cm³/mol. The Hall–Kier alpha value is -2.18. The molecule has 0 spiro atoms. The lowest BCUT2D eigenvalue weighted by Crippen LogP contribution is -2.16. The van der Waals surface area contributed by atoms with Crippen molar-refractivity contribution in [1.29, 1.82) is 0 Å². The van der Waals surface area contributed by atoms with E-state index in [1.807, 2.05) is 24.3 Å². The van der Waals surface area contributed by atoms with Crippen LogP contribution in [0.2, 0.25) is 5.02 Å². The number of amides is 1. The fourth-order valence-corrected chi connectivity index (χ4v) is 2.91. The normalized spacial score (nSPS) is 11.4. The largest absolute Gasteiger partial charge is 0.306 e. The SMILES string of the molecule is CC(C)(C)c1cc(NC(=O)c2cc(Br)ccc2Cl)n(-c2ccccn2)n1. The van der Waals surface area contributed by atoms with Crippen LogP contribution in [0, 0.1) is 0 Å². The molecule has 0 aliphatic rings. The molecule has 26 heavy (non-hydrogen) atoms. The number of hydrogen-bond acceptors (Lipinski definition) is 3. The Labute approximate surface area is 165 Å². The molecule has 0 aliphatic heterocycles. The summed E-state index contributed by atoms with van der Waals surface area (Å²) in [5, 5.41) is 7.92. The summed E-state index contributed by atoms with van der Waals surface area (Å²) in [4.78, 5) is 17.1. The molecule has 1 aromatic carbocycles. The number of nitrogens with zero attached hydrogens (tertiary/aromatic N) is 3. The first-order valence-corrected chi connectivity index (χ1v) is 9.21. The van der Waals surface area contributed by atoms with E-state index in [2.05, 4.69) is 52.1 Å². The van der Waals surface area contributed by atoms with Gasteiger partial charge in [0.25, 0.3) is 5.91 Å². The van der Waals surface area contributed by atoms with E-state index >= 15 is 0 Å². The summed E-state index contributed by atoms with van der Waals surface area (Å²) in [7, 11) is 0. The topological polar surface area (TPSA) is 59.8 Å². The Morgan fingerprint density at radius 1 is 1.19 bits per heavy atom. The zero-order valence-corrected chi connectivity index (χ0v) is 17.0. The second kappa shape index (κ2) is 7.21. The third-order valence-electron chi connectivity index (χ3n) is 3.76. The molecule has 7 heteroatoms. The number of benzene rings is 1. The first-order valence-electron chi connectivity index (χ1n) is 8.04. The quantitative estimate of drug-likeness (QED) is 0.615. The summed E-state index contributed by atoms with van der Waals surface area (Å²) < 4.78 is 2.41. The van der Waals surface area contributed by atoms with Crippen LogP contribution in [0.1, 0.15) is 36.8 Å². The molecule has 2 heterocycles. The molecule has 0 saturated heterocycles. The maximum absolute atomic E-state index is 12.8. The summed E-state index contributed by atoms with van der Waals surface area (Å²) in [5.41, 5.74) is 1.05. The second-order valence-corrected chi connectivity index (χ2v) is 8.17. The van der Waals surface area contributed by atoms with E-state index in [1.165, 1.54) is 0 Å². The molecule has 1 amide bonds. The molecular formula is C19H18BrClN4O. The lowest BCUT2D eigenvalue weighted by atomic mass is 9.92. The average molecular weight is 434 g/mol. The fraction of sp³-hybridized carbons (Fsp3) is 0.211. The molecule has 5 nitrogen and oxygen atoms in total. The number of hydrogen-bond donors (Lipinski definition) is 1. The highest BCUT2D eigenvalue weighted by Crippen LogP contribution is 2.27. The minimum absolute atomic E-state index is 0.174. The monoisotopic (exact) mass is 432 g/mol. The standard InChI is InChI=1S/C19H18BrClN4O/c1-19(2,3)15-11-17(25(24-15)16-6-4-5-9-22-16)23-18(26)13-10-12(20)7-8-14(13)21/h4-11H,1-3H3,(H,23,26). The van der Waals surface area contributed by atoms with Crippen LogP contribution in [0.25, 0.3) is 5.82 Å². The third-order valence-corrected chi connectivity index (χ3v) is 4.58. The van der Waals surface area contributed by atoms with Crippen molar-refractivity contribution in [3.63, 3.8) is 0 Å². The van der Waals surface area contributed by atoms with Crippen LogP contribution < -0.4 is 5.32 Å².